The number of amides is 1. The van der Waals surface area contributed by atoms with Gasteiger partial charge in [0.2, 0.25) is 0 Å². The normalized spacial score (nSPS) is 9.69. The Labute approximate surface area is 77.9 Å². The summed E-state index contributed by atoms with van der Waals surface area (Å²) >= 11 is 0. The first kappa shape index (κ1) is 9.74. The van der Waals surface area contributed by atoms with Gasteiger partial charge in [-0.25, -0.2) is 0 Å². The summed E-state index contributed by atoms with van der Waals surface area (Å²) in [5, 5.41) is 2.57. The van der Waals surface area contributed by atoms with Gasteiger partial charge in [0.25, 0.3) is 5.91 Å². The van der Waals surface area contributed by atoms with Crippen LogP contribution in [-0.4, -0.2) is 19.5 Å². The zero-order valence-electron chi connectivity index (χ0n) is 7.71. The number of nitrogens with one attached hydrogen (secondary N) is 1. The molecule has 0 aliphatic heterocycles. The van der Waals surface area contributed by atoms with E-state index in [1.54, 1.807) is 7.05 Å². The summed E-state index contributed by atoms with van der Waals surface area (Å²) < 4.78 is 0. The Hall–Kier alpha value is -1.35. The second kappa shape index (κ2) is 4.62. The molecule has 0 radical (unpaired) electrons. The lowest BCUT2D eigenvalue weighted by Gasteiger charge is -2.01. The van der Waals surface area contributed by atoms with Crippen LogP contribution in [0.5, 0.6) is 0 Å². The van der Waals surface area contributed by atoms with E-state index in [2.05, 4.69) is 5.32 Å². The van der Waals surface area contributed by atoms with Crippen molar-refractivity contribution < 1.29 is 4.79 Å². The van der Waals surface area contributed by atoms with Crippen molar-refractivity contribution in [2.45, 2.75) is 6.42 Å². The van der Waals surface area contributed by atoms with Gasteiger partial charge in [-0.2, -0.15) is 0 Å². The Balaban J connectivity index is 2.75. The highest BCUT2D eigenvalue weighted by molar-refractivity contribution is 5.93. The molecule has 0 spiro atoms. The van der Waals surface area contributed by atoms with Gasteiger partial charge in [0.05, 0.1) is 0 Å². The maximum absolute atomic E-state index is 11.1. The lowest BCUT2D eigenvalue weighted by atomic mass is 10.1. The van der Waals surface area contributed by atoms with Crippen molar-refractivity contribution in [2.75, 3.05) is 13.6 Å². The van der Waals surface area contributed by atoms with Gasteiger partial charge in [0.15, 0.2) is 0 Å². The molecule has 1 rings (SSSR count). The van der Waals surface area contributed by atoms with Crippen LogP contribution in [0.3, 0.4) is 0 Å². The van der Waals surface area contributed by atoms with Crippen LogP contribution in [0.25, 0.3) is 0 Å². The Morgan fingerprint density at radius 1 is 1.38 bits per heavy atom. The monoisotopic (exact) mass is 178 g/mol. The third-order valence-corrected chi connectivity index (χ3v) is 1.88. The topological polar surface area (TPSA) is 55.1 Å². The molecular formula is C10H14N2O. The Kier molecular flexibility index (Phi) is 3.46. The predicted molar refractivity (Wildman–Crippen MR) is 52.6 cm³/mol. The van der Waals surface area contributed by atoms with Crippen LogP contribution in [0.1, 0.15) is 15.9 Å². The third-order valence-electron chi connectivity index (χ3n) is 1.88. The molecule has 0 aromatic heterocycles. The molecule has 3 heteroatoms. The van der Waals surface area contributed by atoms with Crippen LogP contribution in [0.4, 0.5) is 0 Å². The van der Waals surface area contributed by atoms with Crippen molar-refractivity contribution in [2.24, 2.45) is 5.73 Å². The minimum atomic E-state index is -0.0562. The van der Waals surface area contributed by atoms with Crippen LogP contribution < -0.4 is 11.1 Å². The molecule has 13 heavy (non-hydrogen) atoms. The molecule has 70 valence electrons. The molecule has 0 unspecified atom stereocenters. The molecule has 0 bridgehead atoms. The standard InChI is InChI=1S/C10H14N2O/c1-12-10(13)9-4-2-8(3-5-9)6-7-11/h2-5H,6-7,11H2,1H3,(H,12,13). The average Bonchev–Trinajstić information content (AvgIpc) is 2.18. The van der Waals surface area contributed by atoms with Gasteiger partial charge in [0, 0.05) is 12.6 Å². The molecule has 1 aromatic carbocycles. The van der Waals surface area contributed by atoms with Gasteiger partial charge in [-0.05, 0) is 30.7 Å². The summed E-state index contributed by atoms with van der Waals surface area (Å²) in [6, 6.07) is 7.47. The number of carbonyl (C=O) groups is 1. The van der Waals surface area contributed by atoms with E-state index >= 15 is 0 Å². The summed E-state index contributed by atoms with van der Waals surface area (Å²) in [5.74, 6) is -0.0562. The second-order valence-electron chi connectivity index (χ2n) is 2.81. The van der Waals surface area contributed by atoms with Gasteiger partial charge in [0.1, 0.15) is 0 Å². The lowest BCUT2D eigenvalue weighted by molar-refractivity contribution is 0.0963. The van der Waals surface area contributed by atoms with Crippen LogP contribution in [0.2, 0.25) is 0 Å². The fourth-order valence-electron chi connectivity index (χ4n) is 1.13. The van der Waals surface area contributed by atoms with E-state index < -0.39 is 0 Å². The quantitative estimate of drug-likeness (QED) is 0.710. The minimum absolute atomic E-state index is 0.0562. The van der Waals surface area contributed by atoms with E-state index in [1.807, 2.05) is 24.3 Å². The first-order valence-electron chi connectivity index (χ1n) is 4.29. The van der Waals surface area contributed by atoms with Crippen molar-refractivity contribution in [3.05, 3.63) is 35.4 Å². The average molecular weight is 178 g/mol. The molecule has 0 fully saturated rings. The minimum Gasteiger partial charge on any atom is -0.355 e. The number of hydrogen-bond donors (Lipinski definition) is 2. The molecule has 0 aliphatic carbocycles. The first-order valence-corrected chi connectivity index (χ1v) is 4.29. The zero-order valence-corrected chi connectivity index (χ0v) is 7.71. The number of nitrogens with two attached hydrogens (primary N) is 1. The van der Waals surface area contributed by atoms with Gasteiger partial charge < -0.3 is 11.1 Å². The molecule has 1 aromatic rings. The highest BCUT2D eigenvalue weighted by Gasteiger charge is 2.01. The van der Waals surface area contributed by atoms with Gasteiger partial charge in [-0.15, -0.1) is 0 Å². The van der Waals surface area contributed by atoms with Crippen LogP contribution in [-0.2, 0) is 6.42 Å². The summed E-state index contributed by atoms with van der Waals surface area (Å²) in [5.41, 5.74) is 7.25. The van der Waals surface area contributed by atoms with Crippen LogP contribution in [0, 0.1) is 0 Å². The fraction of sp³-hybridized carbons (Fsp3) is 0.300. The third kappa shape index (κ3) is 2.56. The van der Waals surface area contributed by atoms with E-state index in [0.29, 0.717) is 12.1 Å². The highest BCUT2D eigenvalue weighted by Crippen LogP contribution is 2.04. The van der Waals surface area contributed by atoms with Crippen molar-refractivity contribution in [3.63, 3.8) is 0 Å². The number of hydrogen-bond acceptors (Lipinski definition) is 2. The smallest absolute Gasteiger partial charge is 0.251 e. The SMILES string of the molecule is CNC(=O)c1ccc(CCN)cc1. The predicted octanol–water partition coefficient (Wildman–Crippen LogP) is 0.547. The summed E-state index contributed by atoms with van der Waals surface area (Å²) in [6.07, 6.45) is 0.855. The Bertz CT molecular complexity index is 279. The van der Waals surface area contributed by atoms with E-state index in [4.69, 9.17) is 5.73 Å². The molecule has 0 saturated heterocycles. The van der Waals surface area contributed by atoms with Crippen LogP contribution >= 0.6 is 0 Å². The van der Waals surface area contributed by atoms with Crippen molar-refractivity contribution >= 4 is 5.91 Å². The molecular weight excluding hydrogens is 164 g/mol. The number of benzene rings is 1. The van der Waals surface area contributed by atoms with Crippen molar-refractivity contribution in [3.8, 4) is 0 Å². The molecule has 0 heterocycles. The first-order chi connectivity index (χ1) is 6.27. The molecule has 0 atom stereocenters. The van der Waals surface area contributed by atoms with E-state index in [-0.39, 0.29) is 5.91 Å². The molecule has 0 saturated carbocycles. The van der Waals surface area contributed by atoms with Crippen LogP contribution in [0.15, 0.2) is 24.3 Å². The maximum atomic E-state index is 11.1. The number of rotatable bonds is 3. The Morgan fingerprint density at radius 2 is 2.00 bits per heavy atom. The maximum Gasteiger partial charge on any atom is 0.251 e. The van der Waals surface area contributed by atoms with Gasteiger partial charge in [-0.1, -0.05) is 12.1 Å². The number of carbonyl (C=O) groups excluding carboxylic acids is 1. The fourth-order valence-corrected chi connectivity index (χ4v) is 1.13. The summed E-state index contributed by atoms with van der Waals surface area (Å²) in [4.78, 5) is 11.1. The largest absolute Gasteiger partial charge is 0.355 e. The van der Waals surface area contributed by atoms with Crippen molar-refractivity contribution in [1.29, 1.82) is 0 Å². The van der Waals surface area contributed by atoms with Crippen molar-refractivity contribution in [1.82, 2.24) is 5.32 Å². The van der Waals surface area contributed by atoms with Gasteiger partial charge >= 0.3 is 0 Å². The van der Waals surface area contributed by atoms with Gasteiger partial charge in [-0.3, -0.25) is 4.79 Å². The highest BCUT2D eigenvalue weighted by atomic mass is 16.1. The Morgan fingerprint density at radius 3 is 2.46 bits per heavy atom. The van der Waals surface area contributed by atoms with E-state index in [1.165, 1.54) is 0 Å². The summed E-state index contributed by atoms with van der Waals surface area (Å²) in [7, 11) is 1.62. The molecule has 3 nitrogen and oxygen atoms in total. The molecule has 0 aliphatic rings. The summed E-state index contributed by atoms with van der Waals surface area (Å²) in [6.45, 7) is 0.638. The van der Waals surface area contributed by atoms with E-state index in [9.17, 15) is 4.79 Å². The second-order valence-corrected chi connectivity index (χ2v) is 2.81. The van der Waals surface area contributed by atoms with E-state index in [0.717, 1.165) is 12.0 Å². The zero-order chi connectivity index (χ0) is 9.68. The molecule has 3 N–H and O–H groups in total. The lowest BCUT2D eigenvalue weighted by Crippen LogP contribution is -2.17. The molecule has 1 amide bonds.